The third-order valence-corrected chi connectivity index (χ3v) is 29.1. The number of nitrogen functional groups attached to an aromatic ring is 5. The molecule has 1 aromatic carbocycles. The van der Waals surface area contributed by atoms with Crippen LogP contribution >= 0.6 is 46.7 Å². The van der Waals surface area contributed by atoms with Crippen LogP contribution in [0.5, 0.6) is 0 Å². The average molecular weight is 2060 g/mol. The van der Waals surface area contributed by atoms with Crippen molar-refractivity contribution in [3.63, 3.8) is 0 Å². The molecule has 3 unspecified atom stereocenters. The standard InChI is InChI=1S/C22H22Cl2FN8O9PS.C21H23F2N10O9PS.C21H24FN10O9PS.3Na/c23-9-1-11-12(2-10(9)24)32(7-29-11)16-3-13-15(39-16)5-38-43(34,35)41-19-14(4-31-44(36,37)42-13)40-22(17(19)25)33-8-30-18-20(26)27-6-28-21(18)33;22-8-3-32(19-13(8)17(24)26-5-28-19)12-1-9-11(39-12)4-38-43(34,35)41-16-10(2-31-44(36,37)42-9)40-21(14(16)23)33-7-30-15-18(25)27-6-29-20(15)33;22-13-16-11(39-21(13)32-8-30-15-18(24)26-6-28-20(15)32)4-37-42(33,34)40-10-3-12(38-9(10)1-2-43(35,36)41-16)31-7-29-14-17(23)25-5-27-19(14)31;;;/h1-2,6-8,13-17,19,22,31H,3-5H2,(H,34,35)(H2,26,27,28);3,5-7,9-12,14,16,21,31H,1-2,4H2,(H,34,35)(H2,24,26,28)(H2,25,27,29);5-13,16,21H,1-4H2,(H,33,34)(H2,23,25,27)(H2,24,26,28);;;/q;;;3*+1/p-3/t13-,14+,15+,16+,17+,19+,22+;9-,10+,11+,12+,14+,16+,21+;9-,10+,11-,12-,13-,16-,21-;;;/m001.../s1. The normalized spacial score (nSPS) is 33.8. The van der Waals surface area contributed by atoms with Crippen LogP contribution in [0.4, 0.5) is 46.7 Å². The first-order chi connectivity index (χ1) is 62.3. The molecule has 0 aliphatic carbocycles. The van der Waals surface area contributed by atoms with E-state index in [4.69, 9.17) is 120 Å². The number of fused-ring (bicyclic) bond motifs is 12. The van der Waals surface area contributed by atoms with E-state index in [0.717, 1.165) is 42.4 Å². The molecule has 12 aromatic rings. The van der Waals surface area contributed by atoms with Crippen LogP contribution in [0, 0.1) is 5.82 Å². The summed E-state index contributed by atoms with van der Waals surface area (Å²) < 4.78 is 273. The molecule has 9 aliphatic heterocycles. The van der Waals surface area contributed by atoms with Crippen molar-refractivity contribution in [3.8, 4) is 0 Å². The van der Waals surface area contributed by atoms with E-state index in [2.05, 4.69) is 84.2 Å². The van der Waals surface area contributed by atoms with Crippen LogP contribution < -0.4 is 141 Å². The van der Waals surface area contributed by atoms with E-state index >= 15 is 13.2 Å². The number of nitrogens with one attached hydrogen (secondary N) is 2. The fraction of sp³-hybridized carbons (Fsp3) is 0.484. The minimum absolute atomic E-state index is 0. The van der Waals surface area contributed by atoms with Crippen LogP contribution in [0.3, 0.4) is 0 Å². The molecule has 24 atom stereocenters. The second-order valence-corrected chi connectivity index (χ2v) is 39.6. The number of benzene rings is 1. The quantitative estimate of drug-likeness (QED) is 0.0352. The molecule has 9 fully saturated rings. The van der Waals surface area contributed by atoms with E-state index in [-0.39, 0.29) is 198 Å². The third kappa shape index (κ3) is 20.2. The molecule has 70 heteroatoms. The molecule has 11 aromatic heterocycles. The zero-order chi connectivity index (χ0) is 92.0. The summed E-state index contributed by atoms with van der Waals surface area (Å²) >= 11 is 12.2. The van der Waals surface area contributed by atoms with Gasteiger partial charge in [0.1, 0.15) is 139 Å². The van der Waals surface area contributed by atoms with Gasteiger partial charge < -0.3 is 108 Å². The van der Waals surface area contributed by atoms with Gasteiger partial charge >= 0.3 is 109 Å². The molecule has 0 saturated carbocycles. The number of hydrogen-bond acceptors (Lipinski definition) is 47. The van der Waals surface area contributed by atoms with Crippen LogP contribution in [0.25, 0.3) is 66.7 Å². The number of phosphoric ester groups is 3. The molecule has 9 saturated heterocycles. The molecule has 55 nitrogen and oxygen atoms in total. The molecule has 0 spiro atoms. The number of alkyl halides is 3. The SMILES string of the molecule is Nc1ncnc2c1ncn2[C@@H]1O[C@@H]2CNS(=O)(=O)O[C@H]3C[C@H](n4cc(F)c5c(N)ncnc54)O[C@@H]3COP(=O)([O-])O[C@H]2[C@H]1F.Nc1ncnc2c1ncn2[C@@H]1O[C@@H]2CNS(=O)(=O)O[C@H]3C[C@H](n4cnc5cc(Cl)c(Cl)cc54)O[C@@H]3COP(=O)([O-])O[C@H]2[C@H]1F.Nc1ncnc2c1ncn2[C@@H]1O[C@@H]2COP(=O)([O-])O[C@H]3C[C@H](n4cnc5c(N)ncnc54)O[C@@H]3CCS(=O)(=O)O[C@H]2[C@H]1F.[Na+].[Na+].[Na+]. The number of nitrogens with zero attached hydrogens (tertiary/aromatic N) is 21. The molecule has 12 N–H and O–H groups in total. The number of anilines is 5. The summed E-state index contributed by atoms with van der Waals surface area (Å²) in [6, 6.07) is 3.11. The predicted molar refractivity (Wildman–Crippen MR) is 425 cm³/mol. The van der Waals surface area contributed by atoms with Gasteiger partial charge in [0.25, 0.3) is 33.6 Å². The van der Waals surface area contributed by atoms with E-state index in [0.29, 0.717) is 22.2 Å². The number of rotatable bonds is 6. The largest absolute Gasteiger partial charge is 1.00 e. The van der Waals surface area contributed by atoms with Gasteiger partial charge in [-0.15, -0.1) is 0 Å². The Morgan fingerprint density at radius 1 is 0.410 bits per heavy atom. The van der Waals surface area contributed by atoms with E-state index in [1.165, 1.54) is 49.9 Å². The summed E-state index contributed by atoms with van der Waals surface area (Å²) in [6.07, 6.45) is -18.4. The molecule has 702 valence electrons. The summed E-state index contributed by atoms with van der Waals surface area (Å²) in [4.78, 5) is 98.7. The summed E-state index contributed by atoms with van der Waals surface area (Å²) in [5, 5.41) is 0.447. The maximum Gasteiger partial charge on any atom is 1.00 e. The van der Waals surface area contributed by atoms with Crippen LogP contribution in [0.1, 0.15) is 63.1 Å². The fourth-order valence-corrected chi connectivity index (χ4v) is 22.4. The van der Waals surface area contributed by atoms with Gasteiger partial charge in [-0.3, -0.25) is 44.5 Å². The molecule has 20 heterocycles. The molecule has 134 heavy (non-hydrogen) atoms. The smallest absolute Gasteiger partial charge is 0.756 e. The first kappa shape index (κ1) is 101. The van der Waals surface area contributed by atoms with E-state index in [1.807, 2.05) is 0 Å². The molecule has 21 rings (SSSR count). The van der Waals surface area contributed by atoms with Crippen molar-refractivity contribution in [3.05, 3.63) is 97.5 Å². The van der Waals surface area contributed by atoms with Crippen LogP contribution in [0.2, 0.25) is 10.0 Å². The molecule has 0 radical (unpaired) electrons. The van der Waals surface area contributed by atoms with Crippen molar-refractivity contribution >= 4 is 173 Å². The van der Waals surface area contributed by atoms with Crippen molar-refractivity contribution in [2.24, 2.45) is 0 Å². The van der Waals surface area contributed by atoms with E-state index < -0.39 is 228 Å². The maximum absolute atomic E-state index is 15.8. The Morgan fingerprint density at radius 2 is 0.784 bits per heavy atom. The van der Waals surface area contributed by atoms with Crippen LogP contribution in [-0.2, 0) is 113 Å². The molecule has 0 bridgehead atoms. The van der Waals surface area contributed by atoms with Gasteiger partial charge in [0.2, 0.25) is 0 Å². The number of halogens is 6. The average Bonchev–Trinajstić information content (AvgIpc) is 1.62. The number of hydrogen-bond donors (Lipinski definition) is 7. The number of imidazole rings is 5. The summed E-state index contributed by atoms with van der Waals surface area (Å²) in [5.41, 5.74) is 31.4. The maximum atomic E-state index is 15.8. The zero-order valence-electron chi connectivity index (χ0n) is 68.8. The van der Waals surface area contributed by atoms with Gasteiger partial charge in [0.05, 0.1) is 95.9 Å². The van der Waals surface area contributed by atoms with Crippen molar-refractivity contribution in [2.75, 3.05) is 67.3 Å². The summed E-state index contributed by atoms with van der Waals surface area (Å²) in [6.45, 7) is -3.61. The Morgan fingerprint density at radius 3 is 1.26 bits per heavy atom. The molecule has 9 aliphatic rings. The Bertz CT molecular complexity index is 7000. The summed E-state index contributed by atoms with van der Waals surface area (Å²) in [7, 11) is -29.1. The van der Waals surface area contributed by atoms with Crippen molar-refractivity contribution in [1.29, 1.82) is 0 Å². The van der Waals surface area contributed by atoms with Crippen molar-refractivity contribution < 1.29 is 228 Å². The molecular formula is C64H66Cl2F4N28Na3O27P3S3. The van der Waals surface area contributed by atoms with E-state index in [9.17, 15) is 58.0 Å². The van der Waals surface area contributed by atoms with E-state index in [1.54, 1.807) is 16.7 Å². The Hall–Kier alpha value is -6.45. The Kier molecular flexibility index (Phi) is 29.4. The summed E-state index contributed by atoms with van der Waals surface area (Å²) in [5.74, 6) is -1.35. The number of nitrogens with two attached hydrogens (primary N) is 5. The van der Waals surface area contributed by atoms with Gasteiger partial charge in [-0.25, -0.2) is 92.3 Å². The minimum Gasteiger partial charge on any atom is -0.756 e. The van der Waals surface area contributed by atoms with Gasteiger partial charge in [-0.1, -0.05) is 23.2 Å². The van der Waals surface area contributed by atoms with Gasteiger partial charge in [-0.2, -0.15) is 34.7 Å². The Labute approximate surface area is 825 Å². The van der Waals surface area contributed by atoms with Crippen LogP contribution in [-0.4, -0.2) is 258 Å². The van der Waals surface area contributed by atoms with Crippen molar-refractivity contribution in [2.45, 2.75) is 155 Å². The molecular weight excluding hydrogens is 2000 g/mol. The first-order valence-corrected chi connectivity index (χ1v) is 48.2. The Balaban J connectivity index is 0.000000145. The second-order valence-electron chi connectivity index (χ2n) is 30.2. The monoisotopic (exact) mass is 2060 g/mol. The predicted octanol–water partition coefficient (Wildman–Crippen LogP) is -9.05. The van der Waals surface area contributed by atoms with Gasteiger partial charge in [0, 0.05) is 38.5 Å². The topological polar surface area (TPSA) is 738 Å². The number of aromatic nitrogens is 21. The zero-order valence-corrected chi connectivity index (χ0v) is 81.5. The number of phosphoric acid groups is 3. The van der Waals surface area contributed by atoms with Gasteiger partial charge in [-0.05, 0) is 18.6 Å². The number of ether oxygens (including phenoxy) is 6. The third-order valence-electron chi connectivity index (χ3n) is 22.1. The minimum atomic E-state index is -5.28. The molecule has 0 amide bonds. The fourth-order valence-electron chi connectivity index (χ4n) is 16.1. The first-order valence-electron chi connectivity index (χ1n) is 38.6. The van der Waals surface area contributed by atoms with Crippen LogP contribution in [0.15, 0.2) is 81.6 Å². The second kappa shape index (κ2) is 39.2. The van der Waals surface area contributed by atoms with Gasteiger partial charge in [0.15, 0.2) is 94.5 Å². The van der Waals surface area contributed by atoms with Crippen molar-refractivity contribution in [1.82, 2.24) is 112 Å².